The van der Waals surface area contributed by atoms with Crippen LogP contribution in [0, 0.1) is 0 Å². The van der Waals surface area contributed by atoms with Crippen molar-refractivity contribution in [3.05, 3.63) is 0 Å². The average molecular weight is 602 g/mol. The number of nitrogens with one attached hydrogen (secondary N) is 2. The van der Waals surface area contributed by atoms with Crippen molar-refractivity contribution >= 4 is 17.7 Å². The van der Waals surface area contributed by atoms with E-state index in [0.717, 1.165) is 44.9 Å². The lowest BCUT2D eigenvalue weighted by atomic mass is 10.1. The Balaban J connectivity index is 4.99. The lowest BCUT2D eigenvalue weighted by molar-refractivity contribution is -0.138. The standard InChI is InChI=1S/C32H63N3O7/c1-5-7-9-11-13-18-30(36)33-20-16-15-17-29(34-31(37)19-14-12-10-8-6-2)32(38)35(21-23-41-27-25-39-3)22-24-42-28-26-40-4/h29H,5-28H2,1-4H3,(H,33,36)(H,34,37)/t29-/m0/s1. The first-order chi connectivity index (χ1) is 20.5. The van der Waals surface area contributed by atoms with Crippen molar-refractivity contribution in [3.63, 3.8) is 0 Å². The zero-order valence-corrected chi connectivity index (χ0v) is 27.4. The van der Waals surface area contributed by atoms with E-state index in [9.17, 15) is 14.4 Å². The summed E-state index contributed by atoms with van der Waals surface area (Å²) in [6, 6.07) is -0.625. The van der Waals surface area contributed by atoms with Crippen molar-refractivity contribution < 1.29 is 33.3 Å². The van der Waals surface area contributed by atoms with E-state index in [-0.39, 0.29) is 17.7 Å². The topological polar surface area (TPSA) is 115 Å². The van der Waals surface area contributed by atoms with Crippen molar-refractivity contribution in [1.29, 1.82) is 0 Å². The largest absolute Gasteiger partial charge is 0.382 e. The fourth-order valence-electron chi connectivity index (χ4n) is 4.48. The first kappa shape index (κ1) is 40.2. The highest BCUT2D eigenvalue weighted by Crippen LogP contribution is 2.10. The summed E-state index contributed by atoms with van der Waals surface area (Å²) in [7, 11) is 3.24. The van der Waals surface area contributed by atoms with Crippen LogP contribution in [0.25, 0.3) is 0 Å². The first-order valence-electron chi connectivity index (χ1n) is 16.5. The van der Waals surface area contributed by atoms with E-state index in [1.54, 1.807) is 19.1 Å². The van der Waals surface area contributed by atoms with Gasteiger partial charge in [0.15, 0.2) is 0 Å². The number of hydrogen-bond acceptors (Lipinski definition) is 7. The average Bonchev–Trinajstić information content (AvgIpc) is 2.98. The number of methoxy groups -OCH3 is 2. The van der Waals surface area contributed by atoms with Crippen molar-refractivity contribution in [2.75, 3.05) is 73.5 Å². The molecule has 0 fully saturated rings. The molecule has 10 nitrogen and oxygen atoms in total. The number of nitrogens with zero attached hydrogens (tertiary/aromatic N) is 1. The lowest BCUT2D eigenvalue weighted by Crippen LogP contribution is -2.50. The van der Waals surface area contributed by atoms with E-state index in [0.29, 0.717) is 85.0 Å². The van der Waals surface area contributed by atoms with Crippen molar-refractivity contribution in [2.45, 2.75) is 116 Å². The maximum Gasteiger partial charge on any atom is 0.245 e. The summed E-state index contributed by atoms with van der Waals surface area (Å²) in [6.07, 6.45) is 13.8. The Bertz CT molecular complexity index is 638. The fourth-order valence-corrected chi connectivity index (χ4v) is 4.48. The smallest absolute Gasteiger partial charge is 0.245 e. The van der Waals surface area contributed by atoms with Gasteiger partial charge in [-0.3, -0.25) is 14.4 Å². The second-order valence-corrected chi connectivity index (χ2v) is 10.8. The second kappa shape index (κ2) is 30.7. The molecule has 0 saturated heterocycles. The third-order valence-corrected chi connectivity index (χ3v) is 7.08. The highest BCUT2D eigenvalue weighted by molar-refractivity contribution is 5.87. The molecule has 10 heteroatoms. The summed E-state index contributed by atoms with van der Waals surface area (Å²) in [6.45, 7) is 8.33. The number of rotatable bonds is 31. The van der Waals surface area contributed by atoms with E-state index >= 15 is 0 Å². The van der Waals surface area contributed by atoms with Crippen LogP contribution in [-0.2, 0) is 33.3 Å². The van der Waals surface area contributed by atoms with Gasteiger partial charge >= 0.3 is 0 Å². The van der Waals surface area contributed by atoms with Gasteiger partial charge in [0, 0.05) is 46.7 Å². The third kappa shape index (κ3) is 24.8. The minimum absolute atomic E-state index is 0.0867. The Morgan fingerprint density at radius 1 is 0.619 bits per heavy atom. The van der Waals surface area contributed by atoms with Gasteiger partial charge in [-0.1, -0.05) is 65.2 Å². The molecule has 0 spiro atoms. The van der Waals surface area contributed by atoms with Crippen LogP contribution in [0.1, 0.15) is 110 Å². The molecule has 0 aliphatic rings. The van der Waals surface area contributed by atoms with Gasteiger partial charge in [0.25, 0.3) is 0 Å². The van der Waals surface area contributed by atoms with E-state index < -0.39 is 6.04 Å². The summed E-state index contributed by atoms with van der Waals surface area (Å²) in [5.41, 5.74) is 0. The highest BCUT2D eigenvalue weighted by atomic mass is 16.5. The van der Waals surface area contributed by atoms with Crippen LogP contribution in [-0.4, -0.2) is 102 Å². The second-order valence-electron chi connectivity index (χ2n) is 10.8. The molecule has 0 radical (unpaired) electrons. The molecule has 0 aliphatic heterocycles. The van der Waals surface area contributed by atoms with E-state index in [4.69, 9.17) is 18.9 Å². The molecule has 3 amide bonds. The molecule has 0 aromatic carbocycles. The lowest BCUT2D eigenvalue weighted by Gasteiger charge is -2.28. The monoisotopic (exact) mass is 601 g/mol. The molecule has 0 aromatic rings. The Morgan fingerprint density at radius 2 is 1.14 bits per heavy atom. The zero-order chi connectivity index (χ0) is 31.1. The van der Waals surface area contributed by atoms with Gasteiger partial charge in [-0.25, -0.2) is 0 Å². The number of unbranched alkanes of at least 4 members (excludes halogenated alkanes) is 9. The molecule has 1 atom stereocenters. The number of ether oxygens (including phenoxy) is 4. The molecule has 0 saturated carbocycles. The van der Waals surface area contributed by atoms with Crippen LogP contribution in [0.3, 0.4) is 0 Å². The normalized spacial score (nSPS) is 11.8. The molecule has 0 rings (SSSR count). The zero-order valence-electron chi connectivity index (χ0n) is 27.4. The molecule has 0 aliphatic carbocycles. The van der Waals surface area contributed by atoms with Gasteiger partial charge < -0.3 is 34.5 Å². The van der Waals surface area contributed by atoms with Gasteiger partial charge in [-0.15, -0.1) is 0 Å². The highest BCUT2D eigenvalue weighted by Gasteiger charge is 2.25. The molecular formula is C32H63N3O7. The van der Waals surface area contributed by atoms with Crippen LogP contribution >= 0.6 is 0 Å². The molecule has 248 valence electrons. The van der Waals surface area contributed by atoms with Crippen LogP contribution in [0.2, 0.25) is 0 Å². The number of carbonyl (C=O) groups is 3. The summed E-state index contributed by atoms with van der Waals surface area (Å²) >= 11 is 0. The fraction of sp³-hybridized carbons (Fsp3) is 0.906. The molecule has 2 N–H and O–H groups in total. The van der Waals surface area contributed by atoms with Crippen molar-refractivity contribution in [2.24, 2.45) is 0 Å². The third-order valence-electron chi connectivity index (χ3n) is 7.08. The number of carbonyl (C=O) groups excluding carboxylic acids is 3. The number of hydrogen-bond donors (Lipinski definition) is 2. The predicted octanol–water partition coefficient (Wildman–Crippen LogP) is 4.63. The quantitative estimate of drug-likeness (QED) is 0.111. The van der Waals surface area contributed by atoms with Gasteiger partial charge in [0.1, 0.15) is 6.04 Å². The Kier molecular flexibility index (Phi) is 29.4. The number of amides is 3. The van der Waals surface area contributed by atoms with E-state index in [2.05, 4.69) is 24.5 Å². The molecule has 0 aromatic heterocycles. The molecule has 42 heavy (non-hydrogen) atoms. The Labute approximate surface area is 256 Å². The molecule has 0 bridgehead atoms. The van der Waals surface area contributed by atoms with E-state index in [1.165, 1.54) is 25.7 Å². The van der Waals surface area contributed by atoms with Gasteiger partial charge in [0.05, 0.1) is 39.6 Å². The predicted molar refractivity (Wildman–Crippen MR) is 168 cm³/mol. The van der Waals surface area contributed by atoms with Crippen LogP contribution in [0.15, 0.2) is 0 Å². The summed E-state index contributed by atoms with van der Waals surface area (Å²) in [5.74, 6) is -0.131. The Hall–Kier alpha value is -1.75. The minimum Gasteiger partial charge on any atom is -0.382 e. The first-order valence-corrected chi connectivity index (χ1v) is 16.5. The van der Waals surface area contributed by atoms with Crippen LogP contribution < -0.4 is 10.6 Å². The Morgan fingerprint density at radius 3 is 1.67 bits per heavy atom. The maximum atomic E-state index is 13.7. The van der Waals surface area contributed by atoms with Gasteiger partial charge in [0.2, 0.25) is 17.7 Å². The van der Waals surface area contributed by atoms with Crippen LogP contribution in [0.4, 0.5) is 0 Å². The molecular weight excluding hydrogens is 538 g/mol. The van der Waals surface area contributed by atoms with Crippen molar-refractivity contribution in [3.8, 4) is 0 Å². The summed E-state index contributed by atoms with van der Waals surface area (Å²) in [5, 5.41) is 6.01. The van der Waals surface area contributed by atoms with Gasteiger partial charge in [-0.05, 0) is 32.1 Å². The van der Waals surface area contributed by atoms with Gasteiger partial charge in [-0.2, -0.15) is 0 Å². The molecule has 0 heterocycles. The molecule has 0 unspecified atom stereocenters. The minimum atomic E-state index is -0.625. The summed E-state index contributed by atoms with van der Waals surface area (Å²) < 4.78 is 21.3. The summed E-state index contributed by atoms with van der Waals surface area (Å²) in [4.78, 5) is 40.3. The van der Waals surface area contributed by atoms with Crippen LogP contribution in [0.5, 0.6) is 0 Å². The maximum absolute atomic E-state index is 13.7. The SMILES string of the molecule is CCCCCCCC(=O)NCCCC[C@H](NC(=O)CCCCCCC)C(=O)N(CCOCCOC)CCOCCOC. The van der Waals surface area contributed by atoms with E-state index in [1.807, 2.05) is 0 Å². The van der Waals surface area contributed by atoms with Crippen molar-refractivity contribution in [1.82, 2.24) is 15.5 Å².